The lowest BCUT2D eigenvalue weighted by Crippen LogP contribution is -2.42. The topological polar surface area (TPSA) is 57.6 Å². The monoisotopic (exact) mass is 291 g/mol. The number of benzene rings is 1. The summed E-state index contributed by atoms with van der Waals surface area (Å²) in [5, 5.41) is 8.98. The number of carboxylic acid groups (broad SMARTS) is 1. The van der Waals surface area contributed by atoms with E-state index in [0.29, 0.717) is 13.0 Å². The number of thioether (sulfide) groups is 1. The first-order valence-electron chi connectivity index (χ1n) is 6.84. The average molecular weight is 291 g/mol. The predicted molar refractivity (Wildman–Crippen MR) is 77.5 cm³/mol. The summed E-state index contributed by atoms with van der Waals surface area (Å²) in [6, 6.07) is 10.1. The van der Waals surface area contributed by atoms with Gasteiger partial charge in [-0.05, 0) is 12.0 Å². The average Bonchev–Trinajstić information content (AvgIpc) is 3.28. The molecule has 1 aromatic carbocycles. The maximum atomic E-state index is 12.5. The van der Waals surface area contributed by atoms with Crippen molar-refractivity contribution in [1.29, 1.82) is 0 Å². The van der Waals surface area contributed by atoms with Crippen LogP contribution in [0.25, 0.3) is 0 Å². The van der Waals surface area contributed by atoms with E-state index in [-0.39, 0.29) is 17.9 Å². The SMILES string of the molecule is O=C(O)C1CC1C(=O)N1CCSCC1c1ccccc1. The summed E-state index contributed by atoms with van der Waals surface area (Å²) in [6.45, 7) is 0.714. The quantitative estimate of drug-likeness (QED) is 0.925. The molecule has 3 rings (SSSR count). The molecule has 1 amide bonds. The Bertz CT molecular complexity index is 519. The normalized spacial score (nSPS) is 29.0. The second-order valence-electron chi connectivity index (χ2n) is 5.32. The molecule has 2 fully saturated rings. The van der Waals surface area contributed by atoms with Gasteiger partial charge in [0, 0.05) is 18.1 Å². The number of hydrogen-bond donors (Lipinski definition) is 1. The van der Waals surface area contributed by atoms with Gasteiger partial charge in [-0.1, -0.05) is 30.3 Å². The second kappa shape index (κ2) is 5.48. The fourth-order valence-electron chi connectivity index (χ4n) is 2.77. The molecule has 1 aromatic rings. The number of amides is 1. The van der Waals surface area contributed by atoms with Gasteiger partial charge in [0.1, 0.15) is 0 Å². The van der Waals surface area contributed by atoms with E-state index in [1.165, 1.54) is 0 Å². The first kappa shape index (κ1) is 13.5. The van der Waals surface area contributed by atoms with Gasteiger partial charge in [0.15, 0.2) is 0 Å². The lowest BCUT2D eigenvalue weighted by atomic mass is 10.1. The maximum absolute atomic E-state index is 12.5. The molecule has 3 atom stereocenters. The molecule has 0 bridgehead atoms. The molecule has 4 nitrogen and oxygen atoms in total. The smallest absolute Gasteiger partial charge is 0.307 e. The lowest BCUT2D eigenvalue weighted by Gasteiger charge is -2.36. The molecule has 3 unspecified atom stereocenters. The zero-order valence-electron chi connectivity index (χ0n) is 11.1. The van der Waals surface area contributed by atoms with Crippen LogP contribution in [0.1, 0.15) is 18.0 Å². The summed E-state index contributed by atoms with van der Waals surface area (Å²) in [6.07, 6.45) is 0.499. The van der Waals surface area contributed by atoms with Crippen LogP contribution in [0.2, 0.25) is 0 Å². The molecule has 0 aromatic heterocycles. The van der Waals surface area contributed by atoms with Gasteiger partial charge in [-0.3, -0.25) is 9.59 Å². The van der Waals surface area contributed by atoms with Crippen molar-refractivity contribution < 1.29 is 14.7 Å². The van der Waals surface area contributed by atoms with E-state index in [4.69, 9.17) is 5.11 Å². The molecule has 1 saturated carbocycles. The fraction of sp³-hybridized carbons (Fsp3) is 0.467. The summed E-state index contributed by atoms with van der Waals surface area (Å²) in [7, 11) is 0. The second-order valence-corrected chi connectivity index (χ2v) is 6.47. The number of carbonyl (C=O) groups excluding carboxylic acids is 1. The molecule has 0 radical (unpaired) electrons. The minimum absolute atomic E-state index is 0.0200. The van der Waals surface area contributed by atoms with E-state index in [0.717, 1.165) is 17.1 Å². The first-order chi connectivity index (χ1) is 9.68. The summed E-state index contributed by atoms with van der Waals surface area (Å²) >= 11 is 1.85. The molecule has 1 heterocycles. The third kappa shape index (κ3) is 2.54. The van der Waals surface area contributed by atoms with Crippen LogP contribution < -0.4 is 0 Å². The van der Waals surface area contributed by atoms with Gasteiger partial charge in [0.05, 0.1) is 17.9 Å². The Labute approximate surface area is 122 Å². The van der Waals surface area contributed by atoms with E-state index in [9.17, 15) is 9.59 Å². The zero-order chi connectivity index (χ0) is 14.1. The van der Waals surface area contributed by atoms with Crippen molar-refractivity contribution in [3.63, 3.8) is 0 Å². The number of carboxylic acids is 1. The molecule has 20 heavy (non-hydrogen) atoms. The van der Waals surface area contributed by atoms with Gasteiger partial charge in [0.25, 0.3) is 0 Å². The van der Waals surface area contributed by atoms with Gasteiger partial charge >= 0.3 is 5.97 Å². The Morgan fingerprint density at radius 3 is 2.60 bits per heavy atom. The minimum Gasteiger partial charge on any atom is -0.481 e. The van der Waals surface area contributed by atoms with Crippen molar-refractivity contribution in [2.75, 3.05) is 18.1 Å². The van der Waals surface area contributed by atoms with Crippen LogP contribution in [0.15, 0.2) is 30.3 Å². The first-order valence-corrected chi connectivity index (χ1v) is 8.00. The molecule has 1 saturated heterocycles. The molecule has 1 aliphatic carbocycles. The van der Waals surface area contributed by atoms with Crippen LogP contribution >= 0.6 is 11.8 Å². The van der Waals surface area contributed by atoms with Crippen molar-refractivity contribution in [3.8, 4) is 0 Å². The highest BCUT2D eigenvalue weighted by atomic mass is 32.2. The molecule has 0 spiro atoms. The van der Waals surface area contributed by atoms with Gasteiger partial charge in [-0.2, -0.15) is 11.8 Å². The summed E-state index contributed by atoms with van der Waals surface area (Å²) in [5.41, 5.74) is 1.14. The molecule has 106 valence electrons. The maximum Gasteiger partial charge on any atom is 0.307 e. The Morgan fingerprint density at radius 1 is 1.20 bits per heavy atom. The summed E-state index contributed by atoms with van der Waals surface area (Å²) in [5.74, 6) is 0.229. The van der Waals surface area contributed by atoms with E-state index < -0.39 is 11.9 Å². The van der Waals surface area contributed by atoms with Crippen LogP contribution in [-0.4, -0.2) is 39.9 Å². The number of hydrogen-bond acceptors (Lipinski definition) is 3. The van der Waals surface area contributed by atoms with E-state index >= 15 is 0 Å². The molecule has 1 aliphatic heterocycles. The highest BCUT2D eigenvalue weighted by Gasteiger charge is 2.50. The van der Waals surface area contributed by atoms with Crippen molar-refractivity contribution in [3.05, 3.63) is 35.9 Å². The minimum atomic E-state index is -0.842. The van der Waals surface area contributed by atoms with Crippen molar-refractivity contribution in [2.45, 2.75) is 12.5 Å². The number of rotatable bonds is 3. The van der Waals surface area contributed by atoms with Crippen LogP contribution in [0.5, 0.6) is 0 Å². The standard InChI is InChI=1S/C15H17NO3S/c17-14(11-8-12(11)15(18)19)16-6-7-20-9-13(16)10-4-2-1-3-5-10/h1-5,11-13H,6-9H2,(H,18,19). The van der Waals surface area contributed by atoms with E-state index in [1.54, 1.807) is 0 Å². The Morgan fingerprint density at radius 2 is 1.95 bits per heavy atom. The Balaban J connectivity index is 1.76. The van der Waals surface area contributed by atoms with E-state index in [2.05, 4.69) is 0 Å². The van der Waals surface area contributed by atoms with Crippen LogP contribution in [-0.2, 0) is 9.59 Å². The third-order valence-electron chi connectivity index (χ3n) is 4.02. The molecular weight excluding hydrogens is 274 g/mol. The third-order valence-corrected chi connectivity index (χ3v) is 5.04. The zero-order valence-corrected chi connectivity index (χ0v) is 11.9. The van der Waals surface area contributed by atoms with Gasteiger partial charge in [-0.25, -0.2) is 0 Å². The molecule has 1 N–H and O–H groups in total. The number of aliphatic carboxylic acids is 1. The fourth-order valence-corrected chi connectivity index (χ4v) is 3.86. The molecule has 2 aliphatic rings. The van der Waals surface area contributed by atoms with Crippen LogP contribution in [0.3, 0.4) is 0 Å². The lowest BCUT2D eigenvalue weighted by molar-refractivity contribution is -0.142. The van der Waals surface area contributed by atoms with Gasteiger partial charge in [-0.15, -0.1) is 0 Å². The largest absolute Gasteiger partial charge is 0.481 e. The Hall–Kier alpha value is -1.49. The van der Waals surface area contributed by atoms with Crippen molar-refractivity contribution >= 4 is 23.6 Å². The van der Waals surface area contributed by atoms with Gasteiger partial charge in [0.2, 0.25) is 5.91 Å². The van der Waals surface area contributed by atoms with E-state index in [1.807, 2.05) is 47.0 Å². The highest BCUT2D eigenvalue weighted by Crippen LogP contribution is 2.42. The number of carbonyl (C=O) groups is 2. The number of nitrogens with zero attached hydrogens (tertiary/aromatic N) is 1. The summed E-state index contributed by atoms with van der Waals surface area (Å²) < 4.78 is 0. The van der Waals surface area contributed by atoms with Crippen LogP contribution in [0.4, 0.5) is 0 Å². The van der Waals surface area contributed by atoms with Crippen molar-refractivity contribution in [1.82, 2.24) is 4.90 Å². The Kier molecular flexibility index (Phi) is 3.70. The summed E-state index contributed by atoms with van der Waals surface area (Å²) in [4.78, 5) is 25.3. The highest BCUT2D eigenvalue weighted by molar-refractivity contribution is 7.99. The molecule has 5 heteroatoms. The van der Waals surface area contributed by atoms with Crippen LogP contribution in [0, 0.1) is 11.8 Å². The molecular formula is C15H17NO3S. The predicted octanol–water partition coefficient (Wildman–Crippen LogP) is 2.02. The van der Waals surface area contributed by atoms with Gasteiger partial charge < -0.3 is 10.0 Å². The van der Waals surface area contributed by atoms with Crippen molar-refractivity contribution in [2.24, 2.45) is 11.8 Å².